The van der Waals surface area contributed by atoms with Crippen molar-refractivity contribution in [1.29, 1.82) is 10.5 Å². The Kier molecular flexibility index (Phi) is 7.90. The summed E-state index contributed by atoms with van der Waals surface area (Å²) in [6.45, 7) is 3.89. The maximum atomic E-state index is 9.86. The Balaban J connectivity index is 2.55. The third kappa shape index (κ3) is 5.89. The highest BCUT2D eigenvalue weighted by atomic mass is 32.2. The van der Waals surface area contributed by atoms with Gasteiger partial charge in [-0.1, -0.05) is 47.8 Å². The van der Waals surface area contributed by atoms with Crippen LogP contribution in [0.1, 0.15) is 13.8 Å². The fraction of sp³-hybridized carbons (Fsp3) is 0.143. The zero-order valence-electron chi connectivity index (χ0n) is 16.1. The molecule has 0 aliphatic carbocycles. The molecule has 0 fully saturated rings. The Labute approximate surface area is 179 Å². The topological polar surface area (TPSA) is 138 Å². The second-order valence-corrected chi connectivity index (χ2v) is 8.38. The number of nitriles is 2. The largest absolute Gasteiger partial charge is 0.398 e. The molecule has 0 atom stereocenters. The molecule has 6 nitrogen and oxygen atoms in total. The van der Waals surface area contributed by atoms with Crippen molar-refractivity contribution >= 4 is 34.9 Å². The minimum Gasteiger partial charge on any atom is -0.398 e. The van der Waals surface area contributed by atoms with Gasteiger partial charge in [-0.2, -0.15) is 10.5 Å². The molecular weight excluding hydrogens is 400 g/mol. The van der Waals surface area contributed by atoms with E-state index in [9.17, 15) is 10.5 Å². The molecule has 2 rings (SSSR count). The molecular formula is C21H22N6S2. The van der Waals surface area contributed by atoms with Gasteiger partial charge >= 0.3 is 0 Å². The Hall–Kier alpha value is -3.20. The van der Waals surface area contributed by atoms with Crippen LogP contribution in [0.2, 0.25) is 0 Å². The molecule has 0 aliphatic rings. The van der Waals surface area contributed by atoms with Crippen LogP contribution >= 0.6 is 23.5 Å². The van der Waals surface area contributed by atoms with Gasteiger partial charge in [0.1, 0.15) is 23.3 Å². The van der Waals surface area contributed by atoms with E-state index in [1.165, 1.54) is 11.8 Å². The predicted molar refractivity (Wildman–Crippen MR) is 121 cm³/mol. The number of nitrogen functional groups attached to an aromatic ring is 2. The Morgan fingerprint density at radius 1 is 0.862 bits per heavy atom. The molecule has 7 N–H and O–H groups in total. The summed E-state index contributed by atoms with van der Waals surface area (Å²) in [7, 11) is 0. The van der Waals surface area contributed by atoms with Crippen LogP contribution in [0.15, 0.2) is 79.5 Å². The first kappa shape index (κ1) is 22.1. The van der Waals surface area contributed by atoms with Crippen LogP contribution in [0.5, 0.6) is 0 Å². The number of hydrogen-bond acceptors (Lipinski definition) is 8. The summed E-state index contributed by atoms with van der Waals surface area (Å²) in [5, 5.41) is 23.6. The molecule has 0 radical (unpaired) electrons. The van der Waals surface area contributed by atoms with Gasteiger partial charge in [0, 0.05) is 27.2 Å². The zero-order chi connectivity index (χ0) is 21.4. The third-order valence-electron chi connectivity index (χ3n) is 3.64. The quantitative estimate of drug-likeness (QED) is 0.226. The van der Waals surface area contributed by atoms with Gasteiger partial charge in [0.15, 0.2) is 0 Å². The lowest BCUT2D eigenvalue weighted by Gasteiger charge is -2.17. The maximum absolute atomic E-state index is 9.86. The summed E-state index contributed by atoms with van der Waals surface area (Å²) >= 11 is 2.45. The molecule has 0 bridgehead atoms. The lowest BCUT2D eigenvalue weighted by atomic mass is 10.1. The number of benzene rings is 2. The van der Waals surface area contributed by atoms with Crippen molar-refractivity contribution in [3.8, 4) is 12.1 Å². The Morgan fingerprint density at radius 2 is 1.34 bits per heavy atom. The van der Waals surface area contributed by atoms with Crippen molar-refractivity contribution < 1.29 is 0 Å². The van der Waals surface area contributed by atoms with Gasteiger partial charge in [0.25, 0.3) is 0 Å². The second kappa shape index (κ2) is 10.4. The van der Waals surface area contributed by atoms with Gasteiger partial charge in [-0.3, -0.25) is 0 Å². The lowest BCUT2D eigenvalue weighted by molar-refractivity contribution is 0.692. The van der Waals surface area contributed by atoms with E-state index in [1.54, 1.807) is 12.1 Å². The number of nitrogens with zero attached hydrogens (tertiary/aromatic N) is 2. The van der Waals surface area contributed by atoms with E-state index in [0.29, 0.717) is 21.3 Å². The zero-order valence-corrected chi connectivity index (χ0v) is 17.8. The highest BCUT2D eigenvalue weighted by Gasteiger charge is 2.19. The van der Waals surface area contributed by atoms with Crippen LogP contribution in [-0.4, -0.2) is 6.04 Å². The Morgan fingerprint density at radius 3 is 1.79 bits per heavy atom. The van der Waals surface area contributed by atoms with Gasteiger partial charge in [-0.15, -0.1) is 0 Å². The number of para-hydroxylation sites is 2. The van der Waals surface area contributed by atoms with Crippen LogP contribution in [0.25, 0.3) is 0 Å². The smallest absolute Gasteiger partial charge is 0.103 e. The lowest BCUT2D eigenvalue weighted by Crippen LogP contribution is -2.22. The van der Waals surface area contributed by atoms with Gasteiger partial charge in [0.2, 0.25) is 0 Å². The van der Waals surface area contributed by atoms with E-state index in [2.05, 4.69) is 17.5 Å². The molecule has 0 aliphatic heterocycles. The number of nitrogens with one attached hydrogen (secondary N) is 1. The summed E-state index contributed by atoms with van der Waals surface area (Å²) in [5.74, 6) is 0. The van der Waals surface area contributed by atoms with Crippen LogP contribution in [0.3, 0.4) is 0 Å². The number of thioether (sulfide) groups is 2. The van der Waals surface area contributed by atoms with Crippen LogP contribution < -0.4 is 22.5 Å². The fourth-order valence-electron chi connectivity index (χ4n) is 2.30. The standard InChI is InChI=1S/C21H22N6S2/c1-13(2)27-21(29-19-10-6-4-8-17(19)25)15(12-23)14(11-22)20(26)28-18-9-5-3-7-16(18)24/h3-10,13,27H,24-26H2,1-2H3/b20-14+,21-15+. The number of nitrogens with two attached hydrogens (primary N) is 3. The predicted octanol–water partition coefficient (Wildman–Crippen LogP) is 4.16. The van der Waals surface area contributed by atoms with Crippen LogP contribution in [0.4, 0.5) is 11.4 Å². The van der Waals surface area contributed by atoms with Crippen molar-refractivity contribution in [2.75, 3.05) is 11.5 Å². The van der Waals surface area contributed by atoms with Crippen molar-refractivity contribution in [2.45, 2.75) is 29.7 Å². The minimum absolute atomic E-state index is 0.0318. The Bertz CT molecular complexity index is 1030. The SMILES string of the molecule is CC(C)N/C(Sc1ccccc1N)=C(C#N)\C(C#N)=C(/N)Sc1ccccc1N. The number of anilines is 2. The van der Waals surface area contributed by atoms with E-state index < -0.39 is 0 Å². The molecule has 0 heterocycles. The fourth-order valence-corrected chi connectivity index (χ4v) is 4.21. The third-order valence-corrected chi connectivity index (χ3v) is 5.77. The molecule has 0 amide bonds. The van der Waals surface area contributed by atoms with E-state index in [0.717, 1.165) is 16.7 Å². The van der Waals surface area contributed by atoms with Crippen molar-refractivity contribution in [2.24, 2.45) is 5.73 Å². The molecule has 0 aromatic heterocycles. The first-order valence-electron chi connectivity index (χ1n) is 8.73. The minimum atomic E-state index is 0.0318. The molecule has 2 aromatic carbocycles. The average Bonchev–Trinajstić information content (AvgIpc) is 2.68. The van der Waals surface area contributed by atoms with E-state index in [-0.39, 0.29) is 22.2 Å². The summed E-state index contributed by atoms with van der Waals surface area (Å²) in [6, 6.07) is 18.8. The monoisotopic (exact) mass is 422 g/mol. The van der Waals surface area contributed by atoms with Gasteiger partial charge in [-0.25, -0.2) is 0 Å². The number of hydrogen-bond donors (Lipinski definition) is 4. The number of rotatable bonds is 7. The second-order valence-electron chi connectivity index (χ2n) is 6.25. The normalized spacial score (nSPS) is 12.4. The number of allylic oxidation sites excluding steroid dienone is 2. The summed E-state index contributed by atoms with van der Waals surface area (Å²) in [5.41, 5.74) is 19.6. The van der Waals surface area contributed by atoms with E-state index in [4.69, 9.17) is 17.2 Å². The summed E-state index contributed by atoms with van der Waals surface area (Å²) in [4.78, 5) is 1.49. The van der Waals surface area contributed by atoms with Crippen molar-refractivity contribution in [3.05, 3.63) is 69.7 Å². The molecule has 2 aromatic rings. The van der Waals surface area contributed by atoms with Crippen LogP contribution in [0, 0.1) is 22.7 Å². The molecule has 0 unspecified atom stereocenters. The summed E-state index contributed by atoms with van der Waals surface area (Å²) < 4.78 is 0. The molecule has 0 saturated heterocycles. The summed E-state index contributed by atoms with van der Waals surface area (Å²) in [6.07, 6.45) is 0. The molecule has 0 saturated carbocycles. The molecule has 0 spiro atoms. The van der Waals surface area contributed by atoms with Crippen LogP contribution in [-0.2, 0) is 0 Å². The van der Waals surface area contributed by atoms with Gasteiger partial charge in [-0.05, 0) is 38.1 Å². The highest BCUT2D eigenvalue weighted by Crippen LogP contribution is 2.36. The molecule has 8 heteroatoms. The average molecular weight is 423 g/mol. The molecule has 29 heavy (non-hydrogen) atoms. The first-order chi connectivity index (χ1) is 13.9. The first-order valence-corrected chi connectivity index (χ1v) is 10.4. The highest BCUT2D eigenvalue weighted by molar-refractivity contribution is 8.03. The van der Waals surface area contributed by atoms with Gasteiger partial charge in [0.05, 0.1) is 10.1 Å². The van der Waals surface area contributed by atoms with E-state index >= 15 is 0 Å². The van der Waals surface area contributed by atoms with E-state index in [1.807, 2.05) is 50.2 Å². The van der Waals surface area contributed by atoms with Crippen molar-refractivity contribution in [1.82, 2.24) is 5.32 Å². The molecule has 148 valence electrons. The van der Waals surface area contributed by atoms with Gasteiger partial charge < -0.3 is 22.5 Å². The van der Waals surface area contributed by atoms with Crippen molar-refractivity contribution in [3.63, 3.8) is 0 Å². The maximum Gasteiger partial charge on any atom is 0.103 e.